The van der Waals surface area contributed by atoms with Gasteiger partial charge in [-0.15, -0.1) is 0 Å². The van der Waals surface area contributed by atoms with Gasteiger partial charge in [-0.1, -0.05) is 6.07 Å². The molecule has 3 nitrogen and oxygen atoms in total. The van der Waals surface area contributed by atoms with Crippen LogP contribution >= 0.6 is 0 Å². The normalized spacial score (nSPS) is 12.3. The first-order valence-corrected chi connectivity index (χ1v) is 4.42. The lowest BCUT2D eigenvalue weighted by atomic mass is 10.2. The van der Waals surface area contributed by atoms with Crippen LogP contribution in [0.4, 0.5) is 8.78 Å². The molecule has 0 heterocycles. The molecule has 0 aliphatic carbocycles. The SMILES string of the molecule is CC(O)CNC(=O)c1cccc(F)c1F. The van der Waals surface area contributed by atoms with Crippen molar-refractivity contribution in [3.63, 3.8) is 0 Å². The number of nitrogens with one attached hydrogen (secondary N) is 1. The zero-order valence-electron chi connectivity index (χ0n) is 8.13. The van der Waals surface area contributed by atoms with Crippen molar-refractivity contribution in [1.82, 2.24) is 5.32 Å². The lowest BCUT2D eigenvalue weighted by molar-refractivity contribution is 0.0919. The summed E-state index contributed by atoms with van der Waals surface area (Å²) in [5, 5.41) is 11.2. The zero-order valence-corrected chi connectivity index (χ0v) is 8.13. The molecule has 1 rings (SSSR count). The number of hydrogen-bond donors (Lipinski definition) is 2. The van der Waals surface area contributed by atoms with E-state index in [-0.39, 0.29) is 12.1 Å². The molecule has 1 aromatic rings. The van der Waals surface area contributed by atoms with E-state index in [1.54, 1.807) is 0 Å². The Balaban J connectivity index is 2.78. The minimum Gasteiger partial charge on any atom is -0.392 e. The molecule has 0 aromatic heterocycles. The number of rotatable bonds is 3. The highest BCUT2D eigenvalue weighted by Crippen LogP contribution is 2.10. The second-order valence-corrected chi connectivity index (χ2v) is 3.16. The Labute approximate surface area is 85.7 Å². The lowest BCUT2D eigenvalue weighted by Crippen LogP contribution is -2.31. The first-order valence-electron chi connectivity index (χ1n) is 4.42. The molecule has 1 atom stereocenters. The molecule has 0 aliphatic rings. The van der Waals surface area contributed by atoms with Crippen LogP contribution in [0.2, 0.25) is 0 Å². The predicted octanol–water partition coefficient (Wildman–Crippen LogP) is 1.08. The lowest BCUT2D eigenvalue weighted by Gasteiger charge is -2.07. The Morgan fingerprint density at radius 1 is 1.53 bits per heavy atom. The van der Waals surface area contributed by atoms with Gasteiger partial charge in [0, 0.05) is 6.54 Å². The van der Waals surface area contributed by atoms with E-state index in [4.69, 9.17) is 5.11 Å². The highest BCUT2D eigenvalue weighted by molar-refractivity contribution is 5.94. The van der Waals surface area contributed by atoms with Gasteiger partial charge in [0.05, 0.1) is 11.7 Å². The van der Waals surface area contributed by atoms with Crippen molar-refractivity contribution >= 4 is 5.91 Å². The van der Waals surface area contributed by atoms with Crippen LogP contribution in [0.25, 0.3) is 0 Å². The second-order valence-electron chi connectivity index (χ2n) is 3.16. The van der Waals surface area contributed by atoms with Crippen LogP contribution in [0.15, 0.2) is 18.2 Å². The van der Waals surface area contributed by atoms with Crippen LogP contribution in [-0.4, -0.2) is 23.7 Å². The summed E-state index contributed by atoms with van der Waals surface area (Å²) in [6, 6.07) is 3.35. The molecule has 0 bridgehead atoms. The smallest absolute Gasteiger partial charge is 0.254 e. The number of carbonyl (C=O) groups is 1. The molecule has 1 aromatic carbocycles. The molecule has 0 fully saturated rings. The Kier molecular flexibility index (Phi) is 3.74. The van der Waals surface area contributed by atoms with Gasteiger partial charge in [-0.25, -0.2) is 8.78 Å². The van der Waals surface area contributed by atoms with Gasteiger partial charge >= 0.3 is 0 Å². The largest absolute Gasteiger partial charge is 0.392 e. The van der Waals surface area contributed by atoms with E-state index >= 15 is 0 Å². The second kappa shape index (κ2) is 4.84. The molecule has 1 unspecified atom stereocenters. The number of aliphatic hydroxyl groups is 1. The fourth-order valence-corrected chi connectivity index (χ4v) is 1.01. The number of halogens is 2. The van der Waals surface area contributed by atoms with Gasteiger partial charge in [0.25, 0.3) is 5.91 Å². The maximum Gasteiger partial charge on any atom is 0.254 e. The Bertz CT molecular complexity index is 366. The standard InChI is InChI=1S/C10H11F2NO2/c1-6(14)5-13-10(15)7-3-2-4-8(11)9(7)12/h2-4,6,14H,5H2,1H3,(H,13,15). The molecular weight excluding hydrogens is 204 g/mol. The molecule has 0 spiro atoms. The van der Waals surface area contributed by atoms with Crippen LogP contribution in [0.1, 0.15) is 17.3 Å². The quantitative estimate of drug-likeness (QED) is 0.792. The van der Waals surface area contributed by atoms with Gasteiger partial charge in [-0.3, -0.25) is 4.79 Å². The van der Waals surface area contributed by atoms with Crippen molar-refractivity contribution in [3.05, 3.63) is 35.4 Å². The topological polar surface area (TPSA) is 49.3 Å². The average molecular weight is 215 g/mol. The zero-order chi connectivity index (χ0) is 11.4. The fraction of sp³-hybridized carbons (Fsp3) is 0.300. The summed E-state index contributed by atoms with van der Waals surface area (Å²) in [5.74, 6) is -2.99. The summed E-state index contributed by atoms with van der Waals surface area (Å²) >= 11 is 0. The van der Waals surface area contributed by atoms with Gasteiger partial charge in [0.2, 0.25) is 0 Å². The van der Waals surface area contributed by atoms with E-state index in [1.807, 2.05) is 0 Å². The molecule has 0 radical (unpaired) electrons. The molecule has 0 saturated heterocycles. The van der Waals surface area contributed by atoms with Crippen molar-refractivity contribution in [2.45, 2.75) is 13.0 Å². The maximum absolute atomic E-state index is 13.1. The number of hydrogen-bond acceptors (Lipinski definition) is 2. The summed E-state index contributed by atoms with van der Waals surface area (Å²) in [7, 11) is 0. The monoisotopic (exact) mass is 215 g/mol. The van der Waals surface area contributed by atoms with Gasteiger partial charge in [-0.2, -0.15) is 0 Å². The van der Waals surface area contributed by atoms with E-state index in [0.717, 1.165) is 6.07 Å². The number of amides is 1. The van der Waals surface area contributed by atoms with Crippen LogP contribution < -0.4 is 5.32 Å². The number of carbonyl (C=O) groups excluding carboxylic acids is 1. The summed E-state index contributed by atoms with van der Waals surface area (Å²) < 4.78 is 25.8. The van der Waals surface area contributed by atoms with Gasteiger partial charge < -0.3 is 10.4 Å². The summed E-state index contributed by atoms with van der Waals surface area (Å²) in [6.07, 6.45) is -0.731. The van der Waals surface area contributed by atoms with E-state index in [2.05, 4.69) is 5.32 Å². The minimum atomic E-state index is -1.18. The molecule has 2 N–H and O–H groups in total. The maximum atomic E-state index is 13.1. The van der Waals surface area contributed by atoms with Crippen LogP contribution in [0.3, 0.4) is 0 Å². The third-order valence-electron chi connectivity index (χ3n) is 1.75. The molecular formula is C10H11F2NO2. The Morgan fingerprint density at radius 3 is 2.80 bits per heavy atom. The molecule has 5 heteroatoms. The predicted molar refractivity (Wildman–Crippen MR) is 50.4 cm³/mol. The molecule has 1 amide bonds. The fourth-order valence-electron chi connectivity index (χ4n) is 1.01. The van der Waals surface area contributed by atoms with Crippen molar-refractivity contribution in [3.8, 4) is 0 Å². The highest BCUT2D eigenvalue weighted by atomic mass is 19.2. The first kappa shape index (κ1) is 11.6. The number of aliphatic hydroxyl groups excluding tert-OH is 1. The van der Waals surface area contributed by atoms with Crippen molar-refractivity contribution < 1.29 is 18.7 Å². The molecule has 0 aliphatic heterocycles. The van der Waals surface area contributed by atoms with Crippen molar-refractivity contribution in [2.75, 3.05) is 6.54 Å². The average Bonchev–Trinajstić information content (AvgIpc) is 2.18. The van der Waals surface area contributed by atoms with Crippen LogP contribution in [0, 0.1) is 11.6 Å². The third kappa shape index (κ3) is 2.99. The van der Waals surface area contributed by atoms with Gasteiger partial charge in [0.15, 0.2) is 11.6 Å². The first-order chi connectivity index (χ1) is 7.02. The molecule has 15 heavy (non-hydrogen) atoms. The highest BCUT2D eigenvalue weighted by Gasteiger charge is 2.14. The Morgan fingerprint density at radius 2 is 2.20 bits per heavy atom. The van der Waals surface area contributed by atoms with Gasteiger partial charge in [0.1, 0.15) is 0 Å². The summed E-state index contributed by atoms with van der Waals surface area (Å²) in [4.78, 5) is 11.3. The van der Waals surface area contributed by atoms with E-state index < -0.39 is 23.6 Å². The van der Waals surface area contributed by atoms with E-state index in [9.17, 15) is 13.6 Å². The van der Waals surface area contributed by atoms with E-state index in [1.165, 1.54) is 19.1 Å². The summed E-state index contributed by atoms with van der Waals surface area (Å²) in [6.45, 7) is 1.47. The molecule has 0 saturated carbocycles. The van der Waals surface area contributed by atoms with E-state index in [0.29, 0.717) is 0 Å². The van der Waals surface area contributed by atoms with Gasteiger partial charge in [-0.05, 0) is 19.1 Å². The number of benzene rings is 1. The minimum absolute atomic E-state index is 0.00517. The van der Waals surface area contributed by atoms with Crippen molar-refractivity contribution in [1.29, 1.82) is 0 Å². The Hall–Kier alpha value is -1.49. The van der Waals surface area contributed by atoms with Crippen LogP contribution in [-0.2, 0) is 0 Å². The van der Waals surface area contributed by atoms with Crippen LogP contribution in [0.5, 0.6) is 0 Å². The van der Waals surface area contributed by atoms with Crippen molar-refractivity contribution in [2.24, 2.45) is 0 Å². The summed E-state index contributed by atoms with van der Waals surface area (Å²) in [5.41, 5.74) is -0.365. The molecule has 82 valence electrons. The third-order valence-corrected chi connectivity index (χ3v) is 1.75.